The molecule has 2 bridgehead atoms. The van der Waals surface area contributed by atoms with E-state index in [9.17, 15) is 55.5 Å². The number of non-ortho nitro benzene ring substituents is 1. The number of nitro benzene ring substituents is 2. The maximum absolute atomic E-state index is 12.6. The predicted octanol–water partition coefficient (Wildman–Crippen LogP) is 1.69. The summed E-state index contributed by atoms with van der Waals surface area (Å²) in [7, 11) is 1.67. The van der Waals surface area contributed by atoms with E-state index in [0.717, 1.165) is 14.2 Å². The Hall–Kier alpha value is -4.87. The number of carbonyl (C=O) groups excluding carboxylic acids is 2. The molecule has 0 saturated heterocycles. The van der Waals surface area contributed by atoms with Crippen LogP contribution in [-0.2, 0) is 19.1 Å². The number of rotatable bonds is 8. The molecule has 0 saturated carbocycles. The number of fused-ring (bicyclic) bond motifs is 4. The molecule has 0 amide bonds. The number of hydrogen-bond donors (Lipinski definition) is 2. The van der Waals surface area contributed by atoms with Gasteiger partial charge in [0.15, 0.2) is 0 Å². The van der Waals surface area contributed by atoms with Crippen molar-refractivity contribution >= 4 is 29.0 Å². The van der Waals surface area contributed by atoms with Crippen molar-refractivity contribution in [2.75, 3.05) is 33.9 Å². The van der Waals surface area contributed by atoms with Gasteiger partial charge >= 0.3 is 11.9 Å². The molecule has 1 aromatic carbocycles. The molecule has 0 fully saturated rings. The van der Waals surface area contributed by atoms with Gasteiger partial charge in [0.25, 0.3) is 17.1 Å². The lowest BCUT2D eigenvalue weighted by Crippen LogP contribution is -2.56. The molecule has 0 radical (unpaired) electrons. The maximum atomic E-state index is 12.6. The summed E-state index contributed by atoms with van der Waals surface area (Å²) in [5.41, 5.74) is -5.47. The van der Waals surface area contributed by atoms with Gasteiger partial charge in [0.05, 0.1) is 41.6 Å². The average Bonchev–Trinajstić information content (AvgIpc) is 2.92. The van der Waals surface area contributed by atoms with Crippen LogP contribution in [0.5, 0.6) is 0 Å². The maximum Gasteiger partial charge on any atom is 0.338 e. The first-order chi connectivity index (χ1) is 19.2. The van der Waals surface area contributed by atoms with Gasteiger partial charge in [-0.3, -0.25) is 40.3 Å². The number of esters is 2. The van der Waals surface area contributed by atoms with E-state index in [4.69, 9.17) is 0 Å². The van der Waals surface area contributed by atoms with Crippen LogP contribution in [0, 0.1) is 47.4 Å². The van der Waals surface area contributed by atoms with E-state index in [0.29, 0.717) is 12.1 Å². The zero-order chi connectivity index (χ0) is 31.3. The van der Waals surface area contributed by atoms with Gasteiger partial charge in [0.2, 0.25) is 6.04 Å². The van der Waals surface area contributed by atoms with Crippen LogP contribution >= 0.6 is 0 Å². The first-order valence-electron chi connectivity index (χ1n) is 12.2. The molecular weight excluding hydrogens is 554 g/mol. The molecule has 4 atom stereocenters. The molecule has 3 rings (SSSR count). The molecule has 2 aliphatic carbocycles. The predicted molar refractivity (Wildman–Crippen MR) is 137 cm³/mol. The van der Waals surface area contributed by atoms with Crippen molar-refractivity contribution in [1.29, 1.82) is 0 Å². The lowest BCUT2D eigenvalue weighted by atomic mass is 9.60. The highest BCUT2D eigenvalue weighted by atomic mass is 16.8. The van der Waals surface area contributed by atoms with E-state index in [1.54, 1.807) is 0 Å². The van der Waals surface area contributed by atoms with Gasteiger partial charge in [0.1, 0.15) is 23.2 Å². The Balaban J connectivity index is 0.000000745. The zero-order valence-corrected chi connectivity index (χ0v) is 22.7. The average molecular weight is 584 g/mol. The topological polar surface area (TPSA) is 252 Å². The van der Waals surface area contributed by atoms with Crippen molar-refractivity contribution in [3.05, 3.63) is 70.1 Å². The summed E-state index contributed by atoms with van der Waals surface area (Å²) < 4.78 is 9.10. The van der Waals surface area contributed by atoms with Gasteiger partial charge in [-0.1, -0.05) is 20.8 Å². The minimum Gasteiger partial charge on any atom is -0.511 e. The Labute approximate surface area is 232 Å². The van der Waals surface area contributed by atoms with Gasteiger partial charge in [-0.15, -0.1) is 0 Å². The highest BCUT2D eigenvalue weighted by molar-refractivity contribution is 6.10. The molecule has 0 spiro atoms. The Morgan fingerprint density at radius 3 is 1.88 bits per heavy atom. The lowest BCUT2D eigenvalue weighted by Gasteiger charge is -2.39. The standard InChI is InChI=1S/C17H14N4O13.C6H15N/c1-33-16(23)11-9-6-3-5(18(25)26)4-7(19(27)28)8(6)13(20(29)30)10(14(9)21(31)32)12(15(11)22)17(24)34-2;1-4-7(5-2)6-3/h3-4,9-10,12,14,22H,1-2H3,(H,29,30);4-6H2,1-3H3. The Morgan fingerprint density at radius 1 is 0.951 bits per heavy atom. The summed E-state index contributed by atoms with van der Waals surface area (Å²) in [6.45, 7) is 10.1. The minimum absolute atomic E-state index is 0.444. The quantitative estimate of drug-likeness (QED) is 0.145. The van der Waals surface area contributed by atoms with Gasteiger partial charge in [-0.25, -0.2) is 4.79 Å². The first kappa shape index (κ1) is 32.3. The van der Waals surface area contributed by atoms with E-state index in [2.05, 4.69) is 35.1 Å². The molecule has 18 heteroatoms. The van der Waals surface area contributed by atoms with Crippen LogP contribution in [0.25, 0.3) is 0 Å². The van der Waals surface area contributed by atoms with Crippen molar-refractivity contribution in [2.45, 2.75) is 32.7 Å². The van der Waals surface area contributed by atoms with Crippen molar-refractivity contribution in [2.24, 2.45) is 11.8 Å². The molecule has 0 aromatic heterocycles. The first-order valence-corrected chi connectivity index (χ1v) is 12.2. The number of ether oxygens (including phenoxy) is 2. The lowest BCUT2D eigenvalue weighted by molar-refractivity contribution is -0.728. The normalized spacial score (nSPS) is 22.1. The zero-order valence-electron chi connectivity index (χ0n) is 22.7. The van der Waals surface area contributed by atoms with Crippen LogP contribution in [-0.4, -0.2) is 92.4 Å². The number of carbonyl (C=O) groups is 2. The largest absolute Gasteiger partial charge is 0.511 e. The third-order valence-corrected chi connectivity index (χ3v) is 7.05. The number of hydrogen-bond acceptors (Lipinski definition) is 14. The Morgan fingerprint density at radius 2 is 1.51 bits per heavy atom. The SMILES string of the molecule is CCN(CC)CC.COC(=O)C1=C(O)C(C(=O)OC)C2/C(=[N+](\[O-])O)c3c(cc([N+](=O)[O-])cc3[N+](=O)[O-])C1C2[N+](=O)[O-]. The van der Waals surface area contributed by atoms with Crippen LogP contribution in [0.15, 0.2) is 23.5 Å². The van der Waals surface area contributed by atoms with Crippen LogP contribution in [0.4, 0.5) is 11.4 Å². The number of nitrogens with zero attached hydrogens (tertiary/aromatic N) is 5. The second-order valence-electron chi connectivity index (χ2n) is 8.79. The third-order valence-electron chi connectivity index (χ3n) is 7.05. The monoisotopic (exact) mass is 583 g/mol. The van der Waals surface area contributed by atoms with E-state index in [-0.39, 0.29) is 0 Å². The molecule has 18 nitrogen and oxygen atoms in total. The van der Waals surface area contributed by atoms with Crippen molar-refractivity contribution in [3.8, 4) is 0 Å². The van der Waals surface area contributed by atoms with Crippen LogP contribution in [0.3, 0.4) is 0 Å². The second kappa shape index (κ2) is 13.0. The summed E-state index contributed by atoms with van der Waals surface area (Å²) in [6, 6.07) is -1.10. The fourth-order valence-corrected chi connectivity index (χ4v) is 5.18. The number of aliphatic hydroxyl groups excluding tert-OH is 1. The molecule has 0 aliphatic heterocycles. The summed E-state index contributed by atoms with van der Waals surface area (Å²) in [6.07, 6.45) is 0. The molecule has 1 aromatic rings. The summed E-state index contributed by atoms with van der Waals surface area (Å²) in [5.74, 6) is -10.0. The number of aliphatic hydroxyl groups is 1. The van der Waals surface area contributed by atoms with Crippen LogP contribution in [0.1, 0.15) is 37.8 Å². The Bertz CT molecular complexity index is 1310. The van der Waals surface area contributed by atoms with Gasteiger partial charge < -0.3 is 24.7 Å². The van der Waals surface area contributed by atoms with Crippen LogP contribution < -0.4 is 0 Å². The van der Waals surface area contributed by atoms with Crippen LogP contribution in [0.2, 0.25) is 0 Å². The summed E-state index contributed by atoms with van der Waals surface area (Å²) in [4.78, 5) is 58.5. The third kappa shape index (κ3) is 5.86. The molecule has 2 N–H and O–H groups in total. The van der Waals surface area contributed by atoms with E-state index in [1.807, 2.05) is 0 Å². The Kier molecular flexibility index (Phi) is 10.2. The van der Waals surface area contributed by atoms with Crippen molar-refractivity contribution in [1.82, 2.24) is 4.90 Å². The molecule has 2 aliphatic rings. The smallest absolute Gasteiger partial charge is 0.338 e. The second-order valence-corrected chi connectivity index (χ2v) is 8.79. The van der Waals surface area contributed by atoms with E-state index >= 15 is 0 Å². The molecule has 41 heavy (non-hydrogen) atoms. The van der Waals surface area contributed by atoms with Gasteiger partial charge in [0, 0.05) is 15.9 Å². The molecule has 0 heterocycles. The fourth-order valence-electron chi connectivity index (χ4n) is 5.18. The molecular formula is C23H29N5O13. The minimum atomic E-state index is -2.18. The van der Waals surface area contributed by atoms with Gasteiger partial charge in [-0.05, 0) is 25.2 Å². The molecule has 224 valence electrons. The number of benzene rings is 1. The van der Waals surface area contributed by atoms with Crippen molar-refractivity contribution < 1.29 is 49.0 Å². The van der Waals surface area contributed by atoms with E-state index in [1.165, 1.54) is 19.6 Å². The summed E-state index contributed by atoms with van der Waals surface area (Å²) >= 11 is 0. The van der Waals surface area contributed by atoms with Crippen molar-refractivity contribution in [3.63, 3.8) is 0 Å². The number of nitro groups is 3. The summed E-state index contributed by atoms with van der Waals surface area (Å²) in [5, 5.41) is 68.0. The molecule has 4 unspecified atom stereocenters. The van der Waals surface area contributed by atoms with E-state index < -0.39 is 95.0 Å². The van der Waals surface area contributed by atoms with Gasteiger partial charge in [-0.2, -0.15) is 0 Å². The fraction of sp³-hybridized carbons (Fsp3) is 0.522. The number of methoxy groups -OCH3 is 2. The highest BCUT2D eigenvalue weighted by Gasteiger charge is 2.66. The highest BCUT2D eigenvalue weighted by Crippen LogP contribution is 2.53.